The van der Waals surface area contributed by atoms with E-state index in [9.17, 15) is 0 Å². The van der Waals surface area contributed by atoms with Gasteiger partial charge in [-0.3, -0.25) is 0 Å². The molecule has 0 aromatic heterocycles. The van der Waals surface area contributed by atoms with Crippen LogP contribution in [0.5, 0.6) is 0 Å². The molecule has 0 aliphatic carbocycles. The molecule has 124 valence electrons. The molecule has 22 heavy (non-hydrogen) atoms. The largest absolute Gasteiger partial charge is 0.103 e. The molecule has 0 aliphatic heterocycles. The van der Waals surface area contributed by atoms with E-state index < -0.39 is 0 Å². The van der Waals surface area contributed by atoms with Crippen LogP contribution in [0.3, 0.4) is 0 Å². The minimum absolute atomic E-state index is 1.09. The molecular weight excluding hydrogens is 264 g/mol. The average Bonchev–Trinajstić information content (AvgIpc) is 2.47. The fourth-order valence-electron chi connectivity index (χ4n) is 2.21. The zero-order valence-electron chi connectivity index (χ0n) is 15.3. The molecule has 0 N–H and O–H groups in total. The van der Waals surface area contributed by atoms with Crippen LogP contribution < -0.4 is 0 Å². The Bertz CT molecular complexity index is 398. The molecule has 0 fully saturated rings. The van der Waals surface area contributed by atoms with Crippen LogP contribution in [-0.4, -0.2) is 0 Å². The molecule has 0 rings (SSSR count). The van der Waals surface area contributed by atoms with Crippen LogP contribution in [0.25, 0.3) is 0 Å². The lowest BCUT2D eigenvalue weighted by molar-refractivity contribution is 0.906. The summed E-state index contributed by atoms with van der Waals surface area (Å²) < 4.78 is 0. The van der Waals surface area contributed by atoms with Gasteiger partial charge in [0.2, 0.25) is 0 Å². The molecule has 0 heterocycles. The Morgan fingerprint density at radius 2 is 1.18 bits per heavy atom. The van der Waals surface area contributed by atoms with Crippen LogP contribution in [-0.2, 0) is 0 Å². The lowest BCUT2D eigenvalue weighted by Gasteiger charge is -2.01. The van der Waals surface area contributed by atoms with Crippen molar-refractivity contribution >= 4 is 0 Å². The van der Waals surface area contributed by atoms with Crippen LogP contribution in [0.15, 0.2) is 59.8 Å². The van der Waals surface area contributed by atoms with E-state index in [0.717, 1.165) is 19.3 Å². The Hall–Kier alpha value is -1.30. The summed E-state index contributed by atoms with van der Waals surface area (Å²) in [5.41, 5.74) is 4.46. The highest BCUT2D eigenvalue weighted by atomic mass is 14.0. The summed E-state index contributed by atoms with van der Waals surface area (Å²) in [4.78, 5) is 0. The van der Waals surface area contributed by atoms with Crippen molar-refractivity contribution in [3.05, 3.63) is 59.8 Å². The van der Waals surface area contributed by atoms with E-state index in [0.29, 0.717) is 0 Å². The zero-order chi connectivity index (χ0) is 16.6. The second-order valence-corrected chi connectivity index (χ2v) is 6.37. The van der Waals surface area contributed by atoms with E-state index in [1.807, 2.05) is 6.08 Å². The van der Waals surface area contributed by atoms with Gasteiger partial charge < -0.3 is 0 Å². The summed E-state index contributed by atoms with van der Waals surface area (Å²) in [6, 6.07) is 0. The second-order valence-electron chi connectivity index (χ2n) is 6.37. The van der Waals surface area contributed by atoms with Crippen molar-refractivity contribution < 1.29 is 0 Å². The summed E-state index contributed by atoms with van der Waals surface area (Å²) in [6.07, 6.45) is 23.0. The van der Waals surface area contributed by atoms with E-state index in [2.05, 4.69) is 64.7 Å². The van der Waals surface area contributed by atoms with E-state index in [1.165, 1.54) is 48.8 Å². The molecule has 0 bridgehead atoms. The predicted molar refractivity (Wildman–Crippen MR) is 103 cm³/mol. The third-order valence-electron chi connectivity index (χ3n) is 3.65. The van der Waals surface area contributed by atoms with Gasteiger partial charge >= 0.3 is 0 Å². The third kappa shape index (κ3) is 15.1. The first kappa shape index (κ1) is 20.7. The Kier molecular flexibility index (Phi) is 13.8. The van der Waals surface area contributed by atoms with Gasteiger partial charge in [-0.05, 0) is 79.1 Å². The molecule has 0 nitrogen and oxygen atoms in total. The molecule has 0 atom stereocenters. The monoisotopic (exact) mass is 300 g/mol. The van der Waals surface area contributed by atoms with Crippen molar-refractivity contribution in [2.45, 2.75) is 79.1 Å². The number of hydrogen-bond acceptors (Lipinski definition) is 0. The first-order chi connectivity index (χ1) is 10.6. The van der Waals surface area contributed by atoms with Crippen LogP contribution in [0, 0.1) is 0 Å². The first-order valence-electron chi connectivity index (χ1n) is 8.76. The van der Waals surface area contributed by atoms with Crippen LogP contribution >= 0.6 is 0 Å². The van der Waals surface area contributed by atoms with Crippen molar-refractivity contribution in [1.82, 2.24) is 0 Å². The molecule has 0 saturated carbocycles. The molecule has 0 aromatic rings. The van der Waals surface area contributed by atoms with E-state index in [1.54, 1.807) is 0 Å². The van der Waals surface area contributed by atoms with Crippen LogP contribution in [0.2, 0.25) is 0 Å². The minimum Gasteiger partial charge on any atom is -0.103 e. The highest BCUT2D eigenvalue weighted by Gasteiger charge is 1.91. The summed E-state index contributed by atoms with van der Waals surface area (Å²) >= 11 is 0. The molecule has 0 saturated heterocycles. The average molecular weight is 301 g/mol. The Morgan fingerprint density at radius 3 is 1.82 bits per heavy atom. The van der Waals surface area contributed by atoms with Gasteiger partial charge in [0, 0.05) is 0 Å². The van der Waals surface area contributed by atoms with Gasteiger partial charge in [0.1, 0.15) is 0 Å². The van der Waals surface area contributed by atoms with Crippen molar-refractivity contribution in [3.8, 4) is 0 Å². The van der Waals surface area contributed by atoms with Gasteiger partial charge in [0.05, 0.1) is 0 Å². The lowest BCUT2D eigenvalue weighted by atomic mass is 10.1. The molecule has 0 spiro atoms. The molecule has 0 amide bonds. The van der Waals surface area contributed by atoms with E-state index in [4.69, 9.17) is 0 Å². The molecule has 0 unspecified atom stereocenters. The van der Waals surface area contributed by atoms with Gasteiger partial charge in [-0.2, -0.15) is 0 Å². The van der Waals surface area contributed by atoms with Crippen LogP contribution in [0.1, 0.15) is 79.1 Å². The van der Waals surface area contributed by atoms with E-state index >= 15 is 0 Å². The molecule has 0 radical (unpaired) electrons. The summed E-state index contributed by atoms with van der Waals surface area (Å²) in [5, 5.41) is 0. The quantitative estimate of drug-likeness (QED) is 0.256. The molecule has 0 heteroatoms. The minimum atomic E-state index is 1.09. The summed E-state index contributed by atoms with van der Waals surface area (Å²) in [6.45, 7) is 12.6. The van der Waals surface area contributed by atoms with Crippen molar-refractivity contribution in [1.29, 1.82) is 0 Å². The number of hydrogen-bond donors (Lipinski definition) is 0. The van der Waals surface area contributed by atoms with Gasteiger partial charge in [0.15, 0.2) is 0 Å². The number of unbranched alkanes of at least 4 members (excludes halogenated alkanes) is 2. The van der Waals surface area contributed by atoms with Gasteiger partial charge in [0.25, 0.3) is 0 Å². The van der Waals surface area contributed by atoms with Gasteiger partial charge in [-0.25, -0.2) is 0 Å². The van der Waals surface area contributed by atoms with Gasteiger partial charge in [-0.15, -0.1) is 6.58 Å². The highest BCUT2D eigenvalue weighted by Crippen LogP contribution is 2.12. The van der Waals surface area contributed by atoms with Gasteiger partial charge in [-0.1, -0.05) is 53.2 Å². The fraction of sp³-hybridized carbons (Fsp3) is 0.545. The Morgan fingerprint density at radius 1 is 0.636 bits per heavy atom. The number of rotatable bonds is 12. The SMILES string of the molecule is C=CCC/C=C/CC/C(C)=C/CC/C(C)=C/CCC=C(C)C. The van der Waals surface area contributed by atoms with Crippen LogP contribution in [0.4, 0.5) is 0 Å². The maximum atomic E-state index is 3.74. The Balaban J connectivity index is 3.80. The smallest absolute Gasteiger partial charge is 0.0288 e. The van der Waals surface area contributed by atoms with Crippen molar-refractivity contribution in [2.24, 2.45) is 0 Å². The zero-order valence-corrected chi connectivity index (χ0v) is 15.3. The highest BCUT2D eigenvalue weighted by molar-refractivity contribution is 5.05. The van der Waals surface area contributed by atoms with E-state index in [-0.39, 0.29) is 0 Å². The van der Waals surface area contributed by atoms with Crippen molar-refractivity contribution in [2.75, 3.05) is 0 Å². The predicted octanol–water partition coefficient (Wildman–Crippen LogP) is 7.71. The Labute approximate surface area is 139 Å². The third-order valence-corrected chi connectivity index (χ3v) is 3.65. The maximum absolute atomic E-state index is 3.74. The summed E-state index contributed by atoms with van der Waals surface area (Å²) in [5.74, 6) is 0. The molecule has 0 aliphatic rings. The van der Waals surface area contributed by atoms with Crippen molar-refractivity contribution in [3.63, 3.8) is 0 Å². The number of allylic oxidation sites excluding steroid dienone is 9. The molecular formula is C22H36. The first-order valence-corrected chi connectivity index (χ1v) is 8.76. The molecule has 0 aromatic carbocycles. The second kappa shape index (κ2) is 14.6. The topological polar surface area (TPSA) is 0 Å². The standard InChI is InChI=1S/C22H36/c1-6-7-8-9-10-11-16-21(4)18-14-19-22(5)17-13-12-15-20(2)3/h6,9-10,15,17-18H,1,7-8,11-14,16,19H2,2-5H3/b10-9+,21-18+,22-17+. The fourth-order valence-corrected chi connectivity index (χ4v) is 2.21. The maximum Gasteiger partial charge on any atom is -0.0288 e. The normalized spacial score (nSPS) is 12.7. The lowest BCUT2D eigenvalue weighted by Crippen LogP contribution is -1.81. The summed E-state index contributed by atoms with van der Waals surface area (Å²) in [7, 11) is 0.